The molecule has 0 spiro atoms. The van der Waals surface area contributed by atoms with Crippen LogP contribution in [0.2, 0.25) is 0 Å². The molecule has 1 aromatic carbocycles. The Labute approximate surface area is 112 Å². The molecule has 0 amide bonds. The number of hydrogen-bond acceptors (Lipinski definition) is 4. The molecule has 18 heavy (non-hydrogen) atoms. The van der Waals surface area contributed by atoms with Crippen molar-refractivity contribution in [3.05, 3.63) is 29.8 Å². The van der Waals surface area contributed by atoms with Gasteiger partial charge in [0.25, 0.3) is 0 Å². The molecule has 0 atom stereocenters. The SMILES string of the molecule is COc1ccc(-c2onc(SC)c2C(C)C)cc1. The van der Waals surface area contributed by atoms with Gasteiger partial charge in [0.1, 0.15) is 10.8 Å². The average molecular weight is 263 g/mol. The summed E-state index contributed by atoms with van der Waals surface area (Å²) in [6.45, 7) is 4.30. The van der Waals surface area contributed by atoms with Crippen LogP contribution in [0.5, 0.6) is 5.75 Å². The summed E-state index contributed by atoms with van der Waals surface area (Å²) >= 11 is 1.62. The number of aromatic nitrogens is 1. The van der Waals surface area contributed by atoms with E-state index in [9.17, 15) is 0 Å². The highest BCUT2D eigenvalue weighted by Crippen LogP contribution is 2.36. The Morgan fingerprint density at radius 2 is 1.89 bits per heavy atom. The van der Waals surface area contributed by atoms with Gasteiger partial charge in [-0.15, -0.1) is 11.8 Å². The molecular weight excluding hydrogens is 246 g/mol. The van der Waals surface area contributed by atoms with E-state index in [1.165, 1.54) is 5.56 Å². The summed E-state index contributed by atoms with van der Waals surface area (Å²) in [4.78, 5) is 0. The predicted molar refractivity (Wildman–Crippen MR) is 74.4 cm³/mol. The minimum absolute atomic E-state index is 0.385. The third-order valence-corrected chi connectivity index (χ3v) is 3.50. The van der Waals surface area contributed by atoms with Crippen molar-refractivity contribution >= 4 is 11.8 Å². The molecule has 0 aliphatic rings. The molecule has 0 radical (unpaired) electrons. The van der Waals surface area contributed by atoms with E-state index < -0.39 is 0 Å². The zero-order valence-corrected chi connectivity index (χ0v) is 11.9. The number of hydrogen-bond donors (Lipinski definition) is 0. The number of thioether (sulfide) groups is 1. The molecule has 0 aliphatic carbocycles. The Morgan fingerprint density at radius 1 is 1.22 bits per heavy atom. The van der Waals surface area contributed by atoms with Crippen molar-refractivity contribution in [2.75, 3.05) is 13.4 Å². The third kappa shape index (κ3) is 2.38. The van der Waals surface area contributed by atoms with E-state index in [0.29, 0.717) is 5.92 Å². The molecule has 0 bridgehead atoms. The normalized spacial score (nSPS) is 10.9. The lowest BCUT2D eigenvalue weighted by atomic mass is 10.0. The fraction of sp³-hybridized carbons (Fsp3) is 0.357. The first-order valence-electron chi connectivity index (χ1n) is 5.85. The number of benzene rings is 1. The summed E-state index contributed by atoms with van der Waals surface area (Å²) in [5, 5.41) is 5.10. The molecule has 1 aromatic heterocycles. The third-order valence-electron chi connectivity index (χ3n) is 2.82. The van der Waals surface area contributed by atoms with Crippen molar-refractivity contribution in [1.29, 1.82) is 0 Å². The maximum atomic E-state index is 5.50. The van der Waals surface area contributed by atoms with Gasteiger partial charge in [-0.2, -0.15) is 0 Å². The summed E-state index contributed by atoms with van der Waals surface area (Å²) in [5.74, 6) is 2.09. The topological polar surface area (TPSA) is 35.3 Å². The van der Waals surface area contributed by atoms with Crippen molar-refractivity contribution in [2.24, 2.45) is 0 Å². The Bertz CT molecular complexity index is 517. The lowest BCUT2D eigenvalue weighted by molar-refractivity contribution is 0.412. The minimum atomic E-state index is 0.385. The molecule has 1 heterocycles. The second-order valence-corrected chi connectivity index (χ2v) is 5.11. The number of nitrogens with zero attached hydrogens (tertiary/aromatic N) is 1. The zero-order valence-electron chi connectivity index (χ0n) is 11.1. The monoisotopic (exact) mass is 263 g/mol. The van der Waals surface area contributed by atoms with Gasteiger partial charge in [-0.05, 0) is 36.4 Å². The lowest BCUT2D eigenvalue weighted by Crippen LogP contribution is -1.91. The molecular formula is C14H17NO2S. The molecule has 4 heteroatoms. The van der Waals surface area contributed by atoms with Crippen LogP contribution in [0, 0.1) is 0 Å². The van der Waals surface area contributed by atoms with Gasteiger partial charge in [0, 0.05) is 11.1 Å². The van der Waals surface area contributed by atoms with E-state index in [1.807, 2.05) is 30.5 Å². The molecule has 0 aliphatic heterocycles. The molecule has 0 N–H and O–H groups in total. The van der Waals surface area contributed by atoms with Crippen molar-refractivity contribution in [3.63, 3.8) is 0 Å². The first kappa shape index (κ1) is 13.0. The summed E-state index contributed by atoms with van der Waals surface area (Å²) in [7, 11) is 1.66. The summed E-state index contributed by atoms with van der Waals surface area (Å²) in [6.07, 6.45) is 2.02. The zero-order chi connectivity index (χ0) is 13.1. The van der Waals surface area contributed by atoms with Crippen molar-refractivity contribution < 1.29 is 9.26 Å². The first-order valence-corrected chi connectivity index (χ1v) is 7.07. The van der Waals surface area contributed by atoms with Gasteiger partial charge in [0.05, 0.1) is 7.11 Å². The van der Waals surface area contributed by atoms with Crippen LogP contribution < -0.4 is 4.74 Å². The van der Waals surface area contributed by atoms with Gasteiger partial charge in [-0.25, -0.2) is 0 Å². The molecule has 0 saturated heterocycles. The Hall–Kier alpha value is -1.42. The summed E-state index contributed by atoms with van der Waals surface area (Å²) in [6, 6.07) is 7.85. The van der Waals surface area contributed by atoms with Crippen molar-refractivity contribution in [2.45, 2.75) is 24.8 Å². The molecule has 0 unspecified atom stereocenters. The number of rotatable bonds is 4. The standard InChI is InChI=1S/C14H17NO2S/c1-9(2)12-13(17-15-14(12)18-4)10-5-7-11(16-3)8-6-10/h5-9H,1-4H3. The minimum Gasteiger partial charge on any atom is -0.497 e. The molecule has 0 saturated carbocycles. The van der Waals surface area contributed by atoms with Gasteiger partial charge in [0.2, 0.25) is 0 Å². The van der Waals surface area contributed by atoms with Crippen LogP contribution in [0.25, 0.3) is 11.3 Å². The molecule has 0 fully saturated rings. The second-order valence-electron chi connectivity index (χ2n) is 4.32. The highest BCUT2D eigenvalue weighted by Gasteiger charge is 2.19. The maximum Gasteiger partial charge on any atom is 0.171 e. The largest absolute Gasteiger partial charge is 0.497 e. The molecule has 2 aromatic rings. The molecule has 2 rings (SSSR count). The van der Waals surface area contributed by atoms with Crippen LogP contribution in [0.1, 0.15) is 25.3 Å². The predicted octanol–water partition coefficient (Wildman–Crippen LogP) is 4.20. The fourth-order valence-corrected chi connectivity index (χ4v) is 2.55. The van der Waals surface area contributed by atoms with Crippen LogP contribution in [0.15, 0.2) is 33.8 Å². The summed E-state index contributed by atoms with van der Waals surface area (Å²) < 4.78 is 10.7. The van der Waals surface area contributed by atoms with Gasteiger partial charge < -0.3 is 9.26 Å². The average Bonchev–Trinajstić information content (AvgIpc) is 2.82. The molecule has 96 valence electrons. The van der Waals surface area contributed by atoms with Crippen molar-refractivity contribution in [1.82, 2.24) is 5.16 Å². The van der Waals surface area contributed by atoms with E-state index >= 15 is 0 Å². The number of methoxy groups -OCH3 is 1. The Morgan fingerprint density at radius 3 is 2.39 bits per heavy atom. The van der Waals surface area contributed by atoms with E-state index in [2.05, 4.69) is 19.0 Å². The summed E-state index contributed by atoms with van der Waals surface area (Å²) in [5.41, 5.74) is 2.21. The molecule has 3 nitrogen and oxygen atoms in total. The van der Waals surface area contributed by atoms with Crippen LogP contribution in [-0.4, -0.2) is 18.5 Å². The highest BCUT2D eigenvalue weighted by atomic mass is 32.2. The van der Waals surface area contributed by atoms with Crippen LogP contribution in [0.3, 0.4) is 0 Å². The smallest absolute Gasteiger partial charge is 0.171 e. The maximum absolute atomic E-state index is 5.50. The van der Waals surface area contributed by atoms with Gasteiger partial charge >= 0.3 is 0 Å². The Kier molecular flexibility index (Phi) is 3.97. The fourth-order valence-electron chi connectivity index (χ4n) is 1.89. The number of ether oxygens (including phenoxy) is 1. The van der Waals surface area contributed by atoms with E-state index in [0.717, 1.165) is 22.1 Å². The van der Waals surface area contributed by atoms with Crippen LogP contribution in [0.4, 0.5) is 0 Å². The second kappa shape index (κ2) is 5.48. The van der Waals surface area contributed by atoms with E-state index in [-0.39, 0.29) is 0 Å². The van der Waals surface area contributed by atoms with Gasteiger partial charge in [-0.3, -0.25) is 0 Å². The quantitative estimate of drug-likeness (QED) is 0.775. The van der Waals surface area contributed by atoms with Crippen molar-refractivity contribution in [3.8, 4) is 17.1 Å². The van der Waals surface area contributed by atoms with Crippen LogP contribution in [-0.2, 0) is 0 Å². The van der Waals surface area contributed by atoms with Gasteiger partial charge in [-0.1, -0.05) is 19.0 Å². The van der Waals surface area contributed by atoms with E-state index in [1.54, 1.807) is 18.9 Å². The lowest BCUT2D eigenvalue weighted by Gasteiger charge is -2.06. The van der Waals surface area contributed by atoms with Gasteiger partial charge in [0.15, 0.2) is 5.76 Å². The van der Waals surface area contributed by atoms with Crippen LogP contribution >= 0.6 is 11.8 Å². The highest BCUT2D eigenvalue weighted by molar-refractivity contribution is 7.98. The Balaban J connectivity index is 2.46. The van der Waals surface area contributed by atoms with E-state index in [4.69, 9.17) is 9.26 Å². The first-order chi connectivity index (χ1) is 8.67.